The zero-order valence-corrected chi connectivity index (χ0v) is 9.61. The summed E-state index contributed by atoms with van der Waals surface area (Å²) < 4.78 is 26.5. The molecule has 0 amide bonds. The lowest BCUT2D eigenvalue weighted by Gasteiger charge is -1.97. The Balaban J connectivity index is 2.21. The van der Waals surface area contributed by atoms with Gasteiger partial charge in [-0.25, -0.2) is 18.7 Å². The SMILES string of the molecule is Fc1ccc2nc3[nH]c4ccc(F)cc4c3nc2c1. The molecule has 2 heterocycles. The molecule has 2 aromatic carbocycles. The maximum atomic E-state index is 13.3. The summed E-state index contributed by atoms with van der Waals surface area (Å²) in [5, 5.41) is 0.647. The van der Waals surface area contributed by atoms with Gasteiger partial charge in [0, 0.05) is 17.0 Å². The van der Waals surface area contributed by atoms with Crippen LogP contribution in [0.3, 0.4) is 0 Å². The maximum Gasteiger partial charge on any atom is 0.157 e. The van der Waals surface area contributed by atoms with Gasteiger partial charge < -0.3 is 4.98 Å². The summed E-state index contributed by atoms with van der Waals surface area (Å²) in [7, 11) is 0. The van der Waals surface area contributed by atoms with Crippen LogP contribution < -0.4 is 0 Å². The Morgan fingerprint density at radius 1 is 0.842 bits per heavy atom. The number of hydrogen-bond donors (Lipinski definition) is 1. The molecule has 0 saturated heterocycles. The van der Waals surface area contributed by atoms with Crippen LogP contribution in [0.5, 0.6) is 0 Å². The highest BCUT2D eigenvalue weighted by molar-refractivity contribution is 6.05. The normalized spacial score (nSPS) is 11.7. The van der Waals surface area contributed by atoms with E-state index in [0.717, 1.165) is 5.52 Å². The minimum Gasteiger partial charge on any atom is -0.338 e. The van der Waals surface area contributed by atoms with E-state index in [9.17, 15) is 8.78 Å². The van der Waals surface area contributed by atoms with Gasteiger partial charge in [0.05, 0.1) is 11.0 Å². The van der Waals surface area contributed by atoms with E-state index in [0.29, 0.717) is 27.6 Å². The summed E-state index contributed by atoms with van der Waals surface area (Å²) in [4.78, 5) is 11.8. The Labute approximate surface area is 105 Å². The van der Waals surface area contributed by atoms with E-state index in [2.05, 4.69) is 15.0 Å². The summed E-state index contributed by atoms with van der Waals surface area (Å²) in [5.74, 6) is -0.707. The number of aromatic nitrogens is 3. The molecule has 2 aromatic heterocycles. The average molecular weight is 255 g/mol. The van der Waals surface area contributed by atoms with Crippen molar-refractivity contribution in [2.24, 2.45) is 0 Å². The fourth-order valence-electron chi connectivity index (χ4n) is 2.25. The highest BCUT2D eigenvalue weighted by Gasteiger charge is 2.09. The zero-order chi connectivity index (χ0) is 13.0. The molecule has 5 heteroatoms. The number of hydrogen-bond acceptors (Lipinski definition) is 2. The molecule has 0 radical (unpaired) electrons. The Bertz CT molecular complexity index is 938. The molecule has 0 spiro atoms. The molecule has 0 atom stereocenters. The third kappa shape index (κ3) is 1.48. The van der Waals surface area contributed by atoms with Gasteiger partial charge in [-0.05, 0) is 30.3 Å². The molecule has 0 aliphatic heterocycles. The molecule has 3 nitrogen and oxygen atoms in total. The second-order valence-electron chi connectivity index (χ2n) is 4.37. The minimum absolute atomic E-state index is 0.338. The number of rotatable bonds is 0. The molecule has 4 rings (SSSR count). The second-order valence-corrected chi connectivity index (χ2v) is 4.37. The number of nitrogens with one attached hydrogen (secondary N) is 1. The van der Waals surface area contributed by atoms with Crippen molar-refractivity contribution in [1.29, 1.82) is 0 Å². The molecule has 4 aromatic rings. The van der Waals surface area contributed by atoms with E-state index in [4.69, 9.17) is 0 Å². The predicted molar refractivity (Wildman–Crippen MR) is 68.8 cm³/mol. The van der Waals surface area contributed by atoms with Crippen LogP contribution in [0.2, 0.25) is 0 Å². The smallest absolute Gasteiger partial charge is 0.157 e. The van der Waals surface area contributed by atoms with Crippen molar-refractivity contribution in [1.82, 2.24) is 15.0 Å². The van der Waals surface area contributed by atoms with E-state index in [1.165, 1.54) is 24.3 Å². The van der Waals surface area contributed by atoms with Crippen LogP contribution in [0.1, 0.15) is 0 Å². The van der Waals surface area contributed by atoms with Gasteiger partial charge in [0.25, 0.3) is 0 Å². The quantitative estimate of drug-likeness (QED) is 0.522. The van der Waals surface area contributed by atoms with Crippen molar-refractivity contribution in [3.8, 4) is 0 Å². The molecular weight excluding hydrogens is 248 g/mol. The molecule has 0 saturated carbocycles. The Hall–Kier alpha value is -2.56. The number of benzene rings is 2. The minimum atomic E-state index is -0.368. The van der Waals surface area contributed by atoms with Crippen LogP contribution in [-0.2, 0) is 0 Å². The maximum absolute atomic E-state index is 13.3. The van der Waals surface area contributed by atoms with Gasteiger partial charge in [0.1, 0.15) is 17.2 Å². The highest BCUT2D eigenvalue weighted by Crippen LogP contribution is 2.25. The molecule has 0 unspecified atom stereocenters. The van der Waals surface area contributed by atoms with Crippen LogP contribution in [0.4, 0.5) is 8.78 Å². The topological polar surface area (TPSA) is 41.6 Å². The van der Waals surface area contributed by atoms with Crippen molar-refractivity contribution in [2.45, 2.75) is 0 Å². The van der Waals surface area contributed by atoms with E-state index in [1.54, 1.807) is 12.1 Å². The van der Waals surface area contributed by atoms with Gasteiger partial charge in [-0.15, -0.1) is 0 Å². The highest BCUT2D eigenvalue weighted by atomic mass is 19.1. The average Bonchev–Trinajstić information content (AvgIpc) is 2.73. The number of fused-ring (bicyclic) bond motifs is 4. The zero-order valence-electron chi connectivity index (χ0n) is 9.61. The summed E-state index contributed by atoms with van der Waals surface area (Å²) in [5.41, 5.74) is 2.93. The van der Waals surface area contributed by atoms with Crippen molar-refractivity contribution in [3.05, 3.63) is 48.0 Å². The van der Waals surface area contributed by atoms with E-state index < -0.39 is 0 Å². The first-order chi connectivity index (χ1) is 9.20. The summed E-state index contributed by atoms with van der Waals surface area (Å²) >= 11 is 0. The summed E-state index contributed by atoms with van der Waals surface area (Å²) in [6.07, 6.45) is 0. The van der Waals surface area contributed by atoms with Gasteiger partial charge >= 0.3 is 0 Å². The predicted octanol–water partition coefficient (Wildman–Crippen LogP) is 3.54. The van der Waals surface area contributed by atoms with Crippen LogP contribution in [0, 0.1) is 11.6 Å². The molecule has 0 aliphatic carbocycles. The number of aromatic amines is 1. The van der Waals surface area contributed by atoms with Gasteiger partial charge in [0.15, 0.2) is 5.65 Å². The van der Waals surface area contributed by atoms with Crippen LogP contribution in [0.15, 0.2) is 36.4 Å². The molecule has 92 valence electrons. The first kappa shape index (κ1) is 10.4. The van der Waals surface area contributed by atoms with Crippen LogP contribution >= 0.6 is 0 Å². The van der Waals surface area contributed by atoms with E-state index >= 15 is 0 Å². The standard InChI is InChI=1S/C14H7F2N3/c15-7-1-3-10-9(5-7)13-14(18-10)19-11-4-2-8(16)6-12(11)17-13/h1-6H,(H,18,19). The second kappa shape index (κ2) is 3.47. The molecule has 0 aliphatic rings. The number of H-pyrrole nitrogens is 1. The van der Waals surface area contributed by atoms with Crippen molar-refractivity contribution in [3.63, 3.8) is 0 Å². The first-order valence-corrected chi connectivity index (χ1v) is 5.75. The summed E-state index contributed by atoms with van der Waals surface area (Å²) in [6.45, 7) is 0. The van der Waals surface area contributed by atoms with Crippen molar-refractivity contribution in [2.75, 3.05) is 0 Å². The van der Waals surface area contributed by atoms with Crippen LogP contribution in [-0.4, -0.2) is 15.0 Å². The third-order valence-corrected chi connectivity index (χ3v) is 3.12. The van der Waals surface area contributed by atoms with E-state index in [1.807, 2.05) is 0 Å². The molecule has 19 heavy (non-hydrogen) atoms. The number of halogens is 2. The van der Waals surface area contributed by atoms with Crippen molar-refractivity contribution >= 4 is 33.1 Å². The van der Waals surface area contributed by atoms with Crippen LogP contribution in [0.25, 0.3) is 33.1 Å². The lowest BCUT2D eigenvalue weighted by molar-refractivity contribution is 0.629. The third-order valence-electron chi connectivity index (χ3n) is 3.12. The van der Waals surface area contributed by atoms with Gasteiger partial charge in [-0.3, -0.25) is 0 Å². The van der Waals surface area contributed by atoms with Gasteiger partial charge in [-0.1, -0.05) is 0 Å². The van der Waals surface area contributed by atoms with E-state index in [-0.39, 0.29) is 11.6 Å². The lowest BCUT2D eigenvalue weighted by Crippen LogP contribution is -1.86. The van der Waals surface area contributed by atoms with Crippen molar-refractivity contribution < 1.29 is 8.78 Å². The molecule has 1 N–H and O–H groups in total. The monoisotopic (exact) mass is 255 g/mol. The van der Waals surface area contributed by atoms with Gasteiger partial charge in [0.2, 0.25) is 0 Å². The first-order valence-electron chi connectivity index (χ1n) is 5.75. The summed E-state index contributed by atoms with van der Waals surface area (Å²) in [6, 6.07) is 8.64. The molecular formula is C14H7F2N3. The lowest BCUT2D eigenvalue weighted by atomic mass is 10.2. The Kier molecular flexibility index (Phi) is 1.90. The fourth-order valence-corrected chi connectivity index (χ4v) is 2.25. The Morgan fingerprint density at radius 2 is 1.63 bits per heavy atom. The Morgan fingerprint density at radius 3 is 2.53 bits per heavy atom. The largest absolute Gasteiger partial charge is 0.338 e. The number of nitrogens with zero attached hydrogens (tertiary/aromatic N) is 2. The molecule has 0 bridgehead atoms. The fraction of sp³-hybridized carbons (Fsp3) is 0. The molecule has 0 fully saturated rings. The van der Waals surface area contributed by atoms with Gasteiger partial charge in [-0.2, -0.15) is 0 Å².